The molecule has 7 nitrogen and oxygen atoms in total. The average Bonchev–Trinajstić information content (AvgIpc) is 2.86. The van der Waals surface area contributed by atoms with Crippen LogP contribution in [-0.4, -0.2) is 59.5 Å². The molecular weight excluding hydrogens is 456 g/mol. The fourth-order valence-electron chi connectivity index (χ4n) is 3.20. The number of hydrogen-bond acceptors (Lipinski definition) is 4. The lowest BCUT2D eigenvalue weighted by molar-refractivity contribution is 0.0696. The molecule has 0 radical (unpaired) electrons. The number of hydrogen-bond donors (Lipinski definition) is 0. The van der Waals surface area contributed by atoms with Crippen LogP contribution in [0.5, 0.6) is 0 Å². The van der Waals surface area contributed by atoms with E-state index >= 15 is 0 Å². The number of benzene rings is 1. The van der Waals surface area contributed by atoms with Crippen LogP contribution in [0.1, 0.15) is 21.7 Å². The van der Waals surface area contributed by atoms with Crippen LogP contribution in [0, 0.1) is 13.8 Å². The third-order valence-corrected chi connectivity index (χ3v) is 7.64. The normalized spacial score (nSPS) is 16.0. The molecule has 2 aromatic rings. The number of rotatable bonds is 3. The number of aromatic nitrogens is 2. The first-order chi connectivity index (χ1) is 12.6. The maximum absolute atomic E-state index is 12.9. The minimum atomic E-state index is -3.71. The Balaban J connectivity index is 1.76. The number of carbonyl (C=O) groups excluding carboxylic acids is 1. The molecule has 1 aliphatic heterocycles. The van der Waals surface area contributed by atoms with Gasteiger partial charge in [0.15, 0.2) is 0 Å². The summed E-state index contributed by atoms with van der Waals surface area (Å²) in [6, 6.07) is 4.69. The zero-order valence-corrected chi connectivity index (χ0v) is 18.4. The quantitative estimate of drug-likeness (QED) is 0.684. The molecule has 2 heterocycles. The van der Waals surface area contributed by atoms with Gasteiger partial charge in [0.25, 0.3) is 5.91 Å². The van der Waals surface area contributed by atoms with Crippen molar-refractivity contribution in [2.75, 3.05) is 26.2 Å². The van der Waals surface area contributed by atoms with Crippen molar-refractivity contribution >= 4 is 43.5 Å². The van der Waals surface area contributed by atoms with Gasteiger partial charge in [-0.3, -0.25) is 9.48 Å². The van der Waals surface area contributed by atoms with E-state index in [1.54, 1.807) is 35.7 Å². The van der Waals surface area contributed by atoms with Crippen molar-refractivity contribution in [3.05, 3.63) is 44.6 Å². The third kappa shape index (κ3) is 3.78. The van der Waals surface area contributed by atoms with Gasteiger partial charge in [-0.05, 0) is 32.0 Å². The number of piperazine rings is 1. The summed E-state index contributed by atoms with van der Waals surface area (Å²) < 4.78 is 29.5. The molecule has 0 saturated carbocycles. The fraction of sp³-hybridized carbons (Fsp3) is 0.412. The first kappa shape index (κ1) is 20.3. The van der Waals surface area contributed by atoms with Gasteiger partial charge >= 0.3 is 0 Å². The summed E-state index contributed by atoms with van der Waals surface area (Å²) in [7, 11) is -1.91. The summed E-state index contributed by atoms with van der Waals surface area (Å²) in [5.74, 6) is -0.114. The van der Waals surface area contributed by atoms with E-state index in [-0.39, 0.29) is 28.9 Å². The lowest BCUT2D eigenvalue weighted by Gasteiger charge is -2.34. The number of amides is 1. The highest BCUT2D eigenvalue weighted by molar-refractivity contribution is 9.10. The highest BCUT2D eigenvalue weighted by atomic mass is 79.9. The Labute approximate surface area is 172 Å². The molecule has 0 unspecified atom stereocenters. The standard InChI is InChI=1S/C17H20BrClN4O3S/c1-11-16(12(2)21(3)20-11)17(24)22-6-8-23(9-7-22)27(25,26)15-5-4-13(18)10-14(15)19/h4-5,10H,6-9H2,1-3H3. The van der Waals surface area contributed by atoms with Crippen molar-refractivity contribution in [3.63, 3.8) is 0 Å². The van der Waals surface area contributed by atoms with Gasteiger partial charge in [-0.2, -0.15) is 9.40 Å². The van der Waals surface area contributed by atoms with E-state index < -0.39 is 10.0 Å². The Morgan fingerprint density at radius 1 is 1.19 bits per heavy atom. The number of aryl methyl sites for hydroxylation is 2. The zero-order valence-electron chi connectivity index (χ0n) is 15.2. The maximum atomic E-state index is 12.9. The van der Waals surface area contributed by atoms with Crippen molar-refractivity contribution < 1.29 is 13.2 Å². The second-order valence-corrected chi connectivity index (χ2v) is 9.67. The van der Waals surface area contributed by atoms with Crippen LogP contribution < -0.4 is 0 Å². The third-order valence-electron chi connectivity index (χ3n) is 4.76. The highest BCUT2D eigenvalue weighted by Crippen LogP contribution is 2.28. The maximum Gasteiger partial charge on any atom is 0.257 e. The van der Waals surface area contributed by atoms with E-state index in [0.717, 1.165) is 5.69 Å². The van der Waals surface area contributed by atoms with E-state index in [4.69, 9.17) is 11.6 Å². The Hall–Kier alpha value is -1.42. The molecule has 0 N–H and O–H groups in total. The lowest BCUT2D eigenvalue weighted by Crippen LogP contribution is -2.50. The summed E-state index contributed by atoms with van der Waals surface area (Å²) >= 11 is 9.39. The summed E-state index contributed by atoms with van der Waals surface area (Å²) in [6.45, 7) is 4.73. The second-order valence-electron chi connectivity index (χ2n) is 6.44. The lowest BCUT2D eigenvalue weighted by atomic mass is 10.1. The summed E-state index contributed by atoms with van der Waals surface area (Å²) in [5, 5.41) is 4.45. The predicted molar refractivity (Wildman–Crippen MR) is 106 cm³/mol. The van der Waals surface area contributed by atoms with E-state index in [0.29, 0.717) is 28.8 Å². The predicted octanol–water partition coefficient (Wildman–Crippen LogP) is 2.60. The van der Waals surface area contributed by atoms with Crippen LogP contribution >= 0.6 is 27.5 Å². The Morgan fingerprint density at radius 3 is 2.33 bits per heavy atom. The Bertz CT molecular complexity index is 998. The van der Waals surface area contributed by atoms with Gasteiger partial charge in [-0.1, -0.05) is 27.5 Å². The molecule has 0 spiro atoms. The SMILES string of the molecule is Cc1nn(C)c(C)c1C(=O)N1CCN(S(=O)(=O)c2ccc(Br)cc2Cl)CC1. The average molecular weight is 476 g/mol. The van der Waals surface area contributed by atoms with Gasteiger partial charge in [0.05, 0.1) is 16.3 Å². The summed E-state index contributed by atoms with van der Waals surface area (Å²) in [4.78, 5) is 14.6. The molecule has 1 saturated heterocycles. The van der Waals surface area contributed by atoms with Crippen LogP contribution in [0.4, 0.5) is 0 Å². The Morgan fingerprint density at radius 2 is 1.81 bits per heavy atom. The molecule has 1 amide bonds. The van der Waals surface area contributed by atoms with Crippen molar-refractivity contribution in [2.45, 2.75) is 18.7 Å². The van der Waals surface area contributed by atoms with Crippen LogP contribution in [0.3, 0.4) is 0 Å². The van der Waals surface area contributed by atoms with Crippen LogP contribution in [-0.2, 0) is 17.1 Å². The van der Waals surface area contributed by atoms with Crippen molar-refractivity contribution in [1.29, 1.82) is 0 Å². The fourth-order valence-corrected chi connectivity index (χ4v) is 5.63. The van der Waals surface area contributed by atoms with Crippen LogP contribution in [0.2, 0.25) is 5.02 Å². The van der Waals surface area contributed by atoms with E-state index in [2.05, 4.69) is 21.0 Å². The molecule has 0 atom stereocenters. The molecule has 27 heavy (non-hydrogen) atoms. The van der Waals surface area contributed by atoms with Gasteiger partial charge in [0.1, 0.15) is 4.90 Å². The minimum absolute atomic E-state index is 0.0751. The number of carbonyl (C=O) groups is 1. The number of halogens is 2. The van der Waals surface area contributed by atoms with E-state index in [1.807, 2.05) is 6.92 Å². The molecule has 10 heteroatoms. The van der Waals surface area contributed by atoms with E-state index in [9.17, 15) is 13.2 Å². The molecular formula is C17H20BrClN4O3S. The minimum Gasteiger partial charge on any atom is -0.336 e. The molecule has 1 aromatic carbocycles. The summed E-state index contributed by atoms with van der Waals surface area (Å²) in [5.41, 5.74) is 2.07. The van der Waals surface area contributed by atoms with E-state index in [1.165, 1.54) is 10.4 Å². The smallest absolute Gasteiger partial charge is 0.257 e. The van der Waals surface area contributed by atoms with Crippen LogP contribution in [0.25, 0.3) is 0 Å². The van der Waals surface area contributed by atoms with Gasteiger partial charge in [-0.15, -0.1) is 0 Å². The van der Waals surface area contributed by atoms with Crippen molar-refractivity contribution in [2.24, 2.45) is 7.05 Å². The topological polar surface area (TPSA) is 75.5 Å². The first-order valence-corrected chi connectivity index (χ1v) is 11.0. The van der Waals surface area contributed by atoms with Gasteiger partial charge in [-0.25, -0.2) is 8.42 Å². The Kier molecular flexibility index (Phi) is 5.67. The molecule has 146 valence electrons. The molecule has 1 aromatic heterocycles. The molecule has 1 aliphatic rings. The number of sulfonamides is 1. The highest BCUT2D eigenvalue weighted by Gasteiger charge is 2.33. The summed E-state index contributed by atoms with van der Waals surface area (Å²) in [6.07, 6.45) is 0. The van der Waals surface area contributed by atoms with Crippen LogP contribution in [0.15, 0.2) is 27.6 Å². The van der Waals surface area contributed by atoms with Gasteiger partial charge < -0.3 is 4.90 Å². The van der Waals surface area contributed by atoms with Crippen molar-refractivity contribution in [1.82, 2.24) is 19.0 Å². The molecule has 3 rings (SSSR count). The zero-order chi connectivity index (χ0) is 19.9. The monoisotopic (exact) mass is 474 g/mol. The van der Waals surface area contributed by atoms with Gasteiger partial charge in [0.2, 0.25) is 10.0 Å². The molecule has 0 aliphatic carbocycles. The largest absolute Gasteiger partial charge is 0.336 e. The molecule has 1 fully saturated rings. The number of nitrogens with zero attached hydrogens (tertiary/aromatic N) is 4. The van der Waals surface area contributed by atoms with Crippen molar-refractivity contribution in [3.8, 4) is 0 Å². The second kappa shape index (κ2) is 7.54. The van der Waals surface area contributed by atoms with Gasteiger partial charge in [0, 0.05) is 43.4 Å². The molecule has 0 bridgehead atoms. The first-order valence-electron chi connectivity index (χ1n) is 8.37.